The lowest BCUT2D eigenvalue weighted by Crippen LogP contribution is -2.20. The Hall–Kier alpha value is -1.42. The fourth-order valence-corrected chi connectivity index (χ4v) is 2.11. The van der Waals surface area contributed by atoms with Gasteiger partial charge in [-0.3, -0.25) is 0 Å². The summed E-state index contributed by atoms with van der Waals surface area (Å²) in [5.74, 6) is 0.768. The summed E-state index contributed by atoms with van der Waals surface area (Å²) in [7, 11) is 0. The number of alkyl halides is 1. The van der Waals surface area contributed by atoms with Gasteiger partial charge < -0.3 is 4.90 Å². The lowest BCUT2D eigenvalue weighted by Gasteiger charge is -2.22. The van der Waals surface area contributed by atoms with E-state index in [1.165, 1.54) is 0 Å². The van der Waals surface area contributed by atoms with Crippen molar-refractivity contribution >= 4 is 27.6 Å². The second-order valence-electron chi connectivity index (χ2n) is 4.37. The number of hydrogen-bond donors (Lipinski definition) is 0. The molecule has 0 aliphatic heterocycles. The van der Waals surface area contributed by atoms with Crippen LogP contribution in [0.3, 0.4) is 0 Å². The predicted octanol–water partition coefficient (Wildman–Crippen LogP) is 4.31. The average molecular weight is 320 g/mol. The number of aromatic nitrogens is 2. The van der Waals surface area contributed by atoms with Gasteiger partial charge in [0.1, 0.15) is 0 Å². The van der Waals surface area contributed by atoms with Crippen LogP contribution in [0.15, 0.2) is 42.7 Å². The van der Waals surface area contributed by atoms with Crippen LogP contribution < -0.4 is 4.90 Å². The van der Waals surface area contributed by atoms with Gasteiger partial charge >= 0.3 is 0 Å². The monoisotopic (exact) mass is 319 g/mol. The number of nitrogens with zero attached hydrogens (tertiary/aromatic N) is 3. The Kier molecular flexibility index (Phi) is 5.33. The van der Waals surface area contributed by atoms with Crippen LogP contribution in [0, 0.1) is 0 Å². The van der Waals surface area contributed by atoms with Crippen LogP contribution in [0.5, 0.6) is 0 Å². The zero-order valence-corrected chi connectivity index (χ0v) is 12.7. The third kappa shape index (κ3) is 3.77. The van der Waals surface area contributed by atoms with Crippen molar-refractivity contribution in [2.45, 2.75) is 25.1 Å². The minimum Gasteiger partial charge on any atom is -0.311 e. The van der Waals surface area contributed by atoms with Crippen molar-refractivity contribution in [2.24, 2.45) is 0 Å². The smallest absolute Gasteiger partial charge is 0.229 e. The molecule has 100 valence electrons. The molecule has 3 nitrogen and oxygen atoms in total. The van der Waals surface area contributed by atoms with E-state index in [2.05, 4.69) is 49.9 Å². The van der Waals surface area contributed by atoms with E-state index < -0.39 is 0 Å². The summed E-state index contributed by atoms with van der Waals surface area (Å²) in [5.41, 5.74) is 2.23. The maximum absolute atomic E-state index is 4.46. The molecule has 0 atom stereocenters. The molecule has 0 aliphatic rings. The van der Waals surface area contributed by atoms with Gasteiger partial charge in [0, 0.05) is 30.0 Å². The SMILES string of the molecule is CCCCN(c1ccccc1)c1ncc(CBr)cn1. The number of para-hydroxylation sites is 1. The van der Waals surface area contributed by atoms with Crippen LogP contribution in [0.2, 0.25) is 0 Å². The van der Waals surface area contributed by atoms with Crippen LogP contribution in [-0.2, 0) is 5.33 Å². The van der Waals surface area contributed by atoms with Gasteiger partial charge in [-0.15, -0.1) is 0 Å². The van der Waals surface area contributed by atoms with Gasteiger partial charge in [0.05, 0.1) is 0 Å². The minimum atomic E-state index is 0.768. The lowest BCUT2D eigenvalue weighted by molar-refractivity contribution is 0.770. The van der Waals surface area contributed by atoms with E-state index in [0.29, 0.717) is 0 Å². The summed E-state index contributed by atoms with van der Waals surface area (Å²) in [5, 5.41) is 0.785. The third-order valence-corrected chi connectivity index (χ3v) is 3.54. The predicted molar refractivity (Wildman–Crippen MR) is 83.0 cm³/mol. The summed E-state index contributed by atoms with van der Waals surface area (Å²) in [6, 6.07) is 10.3. The zero-order valence-electron chi connectivity index (χ0n) is 11.1. The van der Waals surface area contributed by atoms with Crippen LogP contribution in [-0.4, -0.2) is 16.5 Å². The molecule has 0 amide bonds. The Morgan fingerprint density at radius 2 is 1.79 bits per heavy atom. The Bertz CT molecular complexity index is 485. The van der Waals surface area contributed by atoms with E-state index >= 15 is 0 Å². The number of rotatable bonds is 6. The molecule has 4 heteroatoms. The first-order valence-corrected chi connectivity index (χ1v) is 7.66. The van der Waals surface area contributed by atoms with E-state index in [0.717, 1.165) is 41.9 Å². The number of benzene rings is 1. The molecule has 0 bridgehead atoms. The molecule has 0 radical (unpaired) electrons. The topological polar surface area (TPSA) is 29.0 Å². The van der Waals surface area contributed by atoms with Gasteiger partial charge in [0.25, 0.3) is 0 Å². The van der Waals surface area contributed by atoms with Crippen LogP contribution in [0.1, 0.15) is 25.3 Å². The molecule has 0 aliphatic carbocycles. The van der Waals surface area contributed by atoms with Gasteiger partial charge in [-0.25, -0.2) is 9.97 Å². The highest BCUT2D eigenvalue weighted by molar-refractivity contribution is 9.08. The molecule has 19 heavy (non-hydrogen) atoms. The summed E-state index contributed by atoms with van der Waals surface area (Å²) in [4.78, 5) is 11.1. The number of hydrogen-bond acceptors (Lipinski definition) is 3. The fourth-order valence-electron chi connectivity index (χ4n) is 1.83. The molecule has 1 aromatic carbocycles. The van der Waals surface area contributed by atoms with E-state index in [-0.39, 0.29) is 0 Å². The van der Waals surface area contributed by atoms with Crippen molar-refractivity contribution in [1.29, 1.82) is 0 Å². The molecule has 0 fully saturated rings. The van der Waals surface area contributed by atoms with Crippen LogP contribution >= 0.6 is 15.9 Å². The van der Waals surface area contributed by atoms with Crippen molar-refractivity contribution < 1.29 is 0 Å². The largest absolute Gasteiger partial charge is 0.311 e. The van der Waals surface area contributed by atoms with Gasteiger partial charge in [0.15, 0.2) is 0 Å². The van der Waals surface area contributed by atoms with Gasteiger partial charge in [-0.1, -0.05) is 47.5 Å². The van der Waals surface area contributed by atoms with Crippen molar-refractivity contribution in [3.05, 3.63) is 48.3 Å². The van der Waals surface area contributed by atoms with Crippen molar-refractivity contribution in [3.8, 4) is 0 Å². The van der Waals surface area contributed by atoms with E-state index in [1.807, 2.05) is 30.6 Å². The summed E-state index contributed by atoms with van der Waals surface area (Å²) in [6.07, 6.45) is 6.03. The van der Waals surface area contributed by atoms with Crippen molar-refractivity contribution in [1.82, 2.24) is 9.97 Å². The highest BCUT2D eigenvalue weighted by Crippen LogP contribution is 2.22. The van der Waals surface area contributed by atoms with Crippen molar-refractivity contribution in [3.63, 3.8) is 0 Å². The summed E-state index contributed by atoms with van der Waals surface area (Å²) < 4.78 is 0. The molecule has 1 heterocycles. The Morgan fingerprint density at radius 1 is 1.11 bits per heavy atom. The standard InChI is InChI=1S/C15H18BrN3/c1-2-3-9-19(14-7-5-4-6-8-14)15-17-11-13(10-16)12-18-15/h4-8,11-12H,2-3,9-10H2,1H3. The lowest BCUT2D eigenvalue weighted by atomic mass is 10.2. The van der Waals surface area contributed by atoms with Gasteiger partial charge in [0.2, 0.25) is 5.95 Å². The number of anilines is 2. The molecule has 1 aromatic heterocycles. The quantitative estimate of drug-likeness (QED) is 0.743. The molecular formula is C15H18BrN3. The van der Waals surface area contributed by atoms with E-state index in [4.69, 9.17) is 0 Å². The zero-order chi connectivity index (χ0) is 13.5. The normalized spacial score (nSPS) is 10.4. The average Bonchev–Trinajstić information content (AvgIpc) is 2.49. The molecule has 2 rings (SSSR count). The maximum atomic E-state index is 4.46. The van der Waals surface area contributed by atoms with Gasteiger partial charge in [-0.2, -0.15) is 0 Å². The molecule has 0 spiro atoms. The summed E-state index contributed by atoms with van der Waals surface area (Å²) in [6.45, 7) is 3.13. The third-order valence-electron chi connectivity index (χ3n) is 2.89. The van der Waals surface area contributed by atoms with Crippen molar-refractivity contribution in [2.75, 3.05) is 11.4 Å². The Labute approximate surface area is 122 Å². The molecule has 0 unspecified atom stereocenters. The Morgan fingerprint density at radius 3 is 2.37 bits per heavy atom. The highest BCUT2D eigenvalue weighted by atomic mass is 79.9. The first kappa shape index (κ1) is 14.0. The molecule has 2 aromatic rings. The first-order chi connectivity index (χ1) is 9.35. The maximum Gasteiger partial charge on any atom is 0.229 e. The first-order valence-electron chi connectivity index (χ1n) is 6.54. The Balaban J connectivity index is 2.26. The second-order valence-corrected chi connectivity index (χ2v) is 4.93. The van der Waals surface area contributed by atoms with Crippen LogP contribution in [0.25, 0.3) is 0 Å². The molecular weight excluding hydrogens is 302 g/mol. The number of halogens is 1. The fraction of sp³-hybridized carbons (Fsp3) is 0.333. The van der Waals surface area contributed by atoms with E-state index in [1.54, 1.807) is 0 Å². The summed E-state index contributed by atoms with van der Waals surface area (Å²) >= 11 is 3.41. The molecule has 0 saturated carbocycles. The highest BCUT2D eigenvalue weighted by Gasteiger charge is 2.11. The molecule has 0 saturated heterocycles. The molecule has 0 N–H and O–H groups in total. The second kappa shape index (κ2) is 7.24. The number of unbranched alkanes of at least 4 members (excludes halogenated alkanes) is 1. The van der Waals surface area contributed by atoms with E-state index in [9.17, 15) is 0 Å². The minimum absolute atomic E-state index is 0.768. The van der Waals surface area contributed by atoms with Gasteiger partial charge in [-0.05, 0) is 24.1 Å². The van der Waals surface area contributed by atoms with Crippen LogP contribution in [0.4, 0.5) is 11.6 Å².